The van der Waals surface area contributed by atoms with Gasteiger partial charge in [0.25, 0.3) is 0 Å². The Kier molecular flexibility index (Phi) is 5.86. The van der Waals surface area contributed by atoms with Gasteiger partial charge in [-0.25, -0.2) is 4.79 Å². The van der Waals surface area contributed by atoms with Crippen molar-refractivity contribution in [3.05, 3.63) is 88.8 Å². The minimum atomic E-state index is -1.02. The van der Waals surface area contributed by atoms with E-state index in [9.17, 15) is 9.90 Å². The molecule has 35 heavy (non-hydrogen) atoms. The van der Waals surface area contributed by atoms with Crippen LogP contribution in [0.3, 0.4) is 0 Å². The maximum Gasteiger partial charge on any atom is 0.335 e. The summed E-state index contributed by atoms with van der Waals surface area (Å²) in [6.45, 7) is 5.91. The molecule has 0 saturated carbocycles. The fourth-order valence-electron chi connectivity index (χ4n) is 4.60. The molecule has 0 saturated heterocycles. The average molecular weight is 487 g/mol. The van der Waals surface area contributed by atoms with Crippen LogP contribution in [0, 0.1) is 13.8 Å². The van der Waals surface area contributed by atoms with E-state index in [1.807, 2.05) is 44.4 Å². The molecule has 1 atom stereocenters. The molecule has 0 aliphatic carbocycles. The van der Waals surface area contributed by atoms with Gasteiger partial charge < -0.3 is 14.2 Å². The van der Waals surface area contributed by atoms with Crippen molar-refractivity contribution in [2.24, 2.45) is 0 Å². The molecule has 0 bridgehead atoms. The molecule has 0 unspecified atom stereocenters. The second-order valence-electron chi connectivity index (χ2n) is 8.42. The summed E-state index contributed by atoms with van der Waals surface area (Å²) < 4.78 is 7.56. The summed E-state index contributed by atoms with van der Waals surface area (Å²) in [5.41, 5.74) is 6.91. The number of nitrogens with zero attached hydrogens (tertiary/aromatic N) is 4. The fraction of sp³-hybridized carbons (Fsp3) is 0.185. The third kappa shape index (κ3) is 3.98. The first-order chi connectivity index (χ1) is 16.9. The van der Waals surface area contributed by atoms with Crippen molar-refractivity contribution < 1.29 is 14.4 Å². The van der Waals surface area contributed by atoms with Crippen LogP contribution in [0.1, 0.15) is 46.9 Å². The SMILES string of the molecule is CC[C@@H](c1ccccn1)n1cc(-c2ccc(C(=O)O)cc2Cl)c2ncc(-c3c(C)noc3C)cc21. The molecule has 4 heterocycles. The van der Waals surface area contributed by atoms with Crippen molar-refractivity contribution >= 4 is 28.6 Å². The van der Waals surface area contributed by atoms with Crippen molar-refractivity contribution in [3.63, 3.8) is 0 Å². The Hall–Kier alpha value is -3.97. The van der Waals surface area contributed by atoms with Gasteiger partial charge in [0.1, 0.15) is 5.76 Å². The van der Waals surface area contributed by atoms with Gasteiger partial charge in [0.15, 0.2) is 0 Å². The molecule has 0 spiro atoms. The zero-order valence-electron chi connectivity index (χ0n) is 19.5. The number of halogens is 1. The second-order valence-corrected chi connectivity index (χ2v) is 8.83. The number of benzene rings is 1. The predicted octanol–water partition coefficient (Wildman–Crippen LogP) is 6.72. The summed E-state index contributed by atoms with van der Waals surface area (Å²) in [5.74, 6) is -0.296. The van der Waals surface area contributed by atoms with Crippen LogP contribution in [0.2, 0.25) is 5.02 Å². The Morgan fingerprint density at radius 2 is 1.97 bits per heavy atom. The number of hydrogen-bond donors (Lipinski definition) is 1. The monoisotopic (exact) mass is 486 g/mol. The lowest BCUT2D eigenvalue weighted by Crippen LogP contribution is -2.10. The number of fused-ring (bicyclic) bond motifs is 1. The lowest BCUT2D eigenvalue weighted by molar-refractivity contribution is 0.0697. The highest BCUT2D eigenvalue weighted by atomic mass is 35.5. The van der Waals surface area contributed by atoms with Gasteiger partial charge in [0.05, 0.1) is 34.0 Å². The summed E-state index contributed by atoms with van der Waals surface area (Å²) in [5, 5.41) is 13.8. The summed E-state index contributed by atoms with van der Waals surface area (Å²) >= 11 is 6.57. The summed E-state index contributed by atoms with van der Waals surface area (Å²) in [4.78, 5) is 20.9. The molecule has 0 fully saturated rings. The number of aromatic carboxylic acids is 1. The zero-order chi connectivity index (χ0) is 24.7. The third-order valence-corrected chi connectivity index (χ3v) is 6.56. The van der Waals surface area contributed by atoms with E-state index in [1.165, 1.54) is 6.07 Å². The molecule has 8 heteroatoms. The first-order valence-electron chi connectivity index (χ1n) is 11.3. The summed E-state index contributed by atoms with van der Waals surface area (Å²) in [6, 6.07) is 12.7. The maximum atomic E-state index is 11.4. The second kappa shape index (κ2) is 9.00. The van der Waals surface area contributed by atoms with E-state index >= 15 is 0 Å². The highest BCUT2D eigenvalue weighted by Crippen LogP contribution is 2.39. The summed E-state index contributed by atoms with van der Waals surface area (Å²) in [7, 11) is 0. The van der Waals surface area contributed by atoms with E-state index in [-0.39, 0.29) is 11.6 Å². The maximum absolute atomic E-state index is 11.4. The molecule has 0 aliphatic heterocycles. The van der Waals surface area contributed by atoms with E-state index in [1.54, 1.807) is 18.3 Å². The van der Waals surface area contributed by atoms with Crippen molar-refractivity contribution in [2.45, 2.75) is 33.2 Å². The quantitative estimate of drug-likeness (QED) is 0.286. The zero-order valence-corrected chi connectivity index (χ0v) is 20.2. The molecule has 1 aromatic carbocycles. The van der Waals surface area contributed by atoms with Crippen LogP contribution in [0.5, 0.6) is 0 Å². The molecule has 5 rings (SSSR count). The van der Waals surface area contributed by atoms with Crippen LogP contribution in [0.4, 0.5) is 0 Å². The van der Waals surface area contributed by atoms with Crippen LogP contribution >= 0.6 is 11.6 Å². The van der Waals surface area contributed by atoms with E-state index in [2.05, 4.69) is 27.7 Å². The molecule has 7 nitrogen and oxygen atoms in total. The standard InChI is InChI=1S/C27H23ClN4O3/c1-4-23(22-7-5-6-10-29-22)32-14-20(19-9-8-17(27(33)34)11-21(19)28)26-24(32)12-18(13-30-26)25-15(2)31-35-16(25)3/h5-14,23H,4H2,1-3H3,(H,33,34)/t23-/m0/s1. The fourth-order valence-corrected chi connectivity index (χ4v) is 4.88. The van der Waals surface area contributed by atoms with Gasteiger partial charge in [-0.3, -0.25) is 9.97 Å². The van der Waals surface area contributed by atoms with Crippen molar-refractivity contribution in [1.82, 2.24) is 19.7 Å². The number of carbonyl (C=O) groups is 1. The summed E-state index contributed by atoms with van der Waals surface area (Å²) in [6.07, 6.45) is 6.43. The Bertz CT molecular complexity index is 1540. The molecule has 5 aromatic rings. The van der Waals surface area contributed by atoms with Gasteiger partial charge in [-0.1, -0.05) is 35.8 Å². The minimum absolute atomic E-state index is 0.0359. The molecule has 0 radical (unpaired) electrons. The number of rotatable bonds is 6. The Labute approximate surface area is 207 Å². The Balaban J connectivity index is 1.77. The Morgan fingerprint density at radius 1 is 1.14 bits per heavy atom. The van der Waals surface area contributed by atoms with Gasteiger partial charge in [-0.15, -0.1) is 0 Å². The first-order valence-corrected chi connectivity index (χ1v) is 11.6. The molecular weight excluding hydrogens is 464 g/mol. The number of carboxylic acid groups (broad SMARTS) is 1. The van der Waals surface area contributed by atoms with Crippen LogP contribution in [-0.2, 0) is 0 Å². The first kappa shape index (κ1) is 22.8. The van der Waals surface area contributed by atoms with Crippen molar-refractivity contribution in [2.75, 3.05) is 0 Å². The topological polar surface area (TPSA) is 94.0 Å². The number of hydrogen-bond acceptors (Lipinski definition) is 5. The van der Waals surface area contributed by atoms with Gasteiger partial charge in [0, 0.05) is 45.9 Å². The average Bonchev–Trinajstić information content (AvgIpc) is 3.39. The predicted molar refractivity (Wildman–Crippen MR) is 135 cm³/mol. The number of pyridine rings is 2. The van der Waals surface area contributed by atoms with Gasteiger partial charge >= 0.3 is 5.97 Å². The largest absolute Gasteiger partial charge is 0.478 e. The lowest BCUT2D eigenvalue weighted by Gasteiger charge is -2.18. The van der Waals surface area contributed by atoms with Crippen LogP contribution in [0.25, 0.3) is 33.3 Å². The minimum Gasteiger partial charge on any atom is -0.478 e. The van der Waals surface area contributed by atoms with Gasteiger partial charge in [0.2, 0.25) is 0 Å². The third-order valence-electron chi connectivity index (χ3n) is 6.25. The van der Waals surface area contributed by atoms with Gasteiger partial charge in [-0.05, 0) is 50.6 Å². The van der Waals surface area contributed by atoms with Crippen molar-refractivity contribution in [3.8, 4) is 22.3 Å². The Morgan fingerprint density at radius 3 is 2.60 bits per heavy atom. The van der Waals surface area contributed by atoms with E-state index in [0.29, 0.717) is 10.6 Å². The normalized spacial score (nSPS) is 12.2. The number of carboxylic acids is 1. The van der Waals surface area contributed by atoms with E-state index in [4.69, 9.17) is 21.1 Å². The molecule has 4 aromatic heterocycles. The van der Waals surface area contributed by atoms with Gasteiger partial charge in [-0.2, -0.15) is 0 Å². The number of aromatic nitrogens is 4. The molecule has 176 valence electrons. The van der Waals surface area contributed by atoms with E-state index in [0.717, 1.165) is 51.3 Å². The highest BCUT2D eigenvalue weighted by molar-refractivity contribution is 6.34. The smallest absolute Gasteiger partial charge is 0.335 e. The molecule has 1 N–H and O–H groups in total. The number of aryl methyl sites for hydroxylation is 2. The van der Waals surface area contributed by atoms with Crippen LogP contribution < -0.4 is 0 Å². The van der Waals surface area contributed by atoms with Crippen molar-refractivity contribution in [1.29, 1.82) is 0 Å². The molecular formula is C27H23ClN4O3. The van der Waals surface area contributed by atoms with Crippen LogP contribution in [-0.4, -0.2) is 30.8 Å². The van der Waals surface area contributed by atoms with E-state index < -0.39 is 5.97 Å². The molecule has 0 aliphatic rings. The lowest BCUT2D eigenvalue weighted by atomic mass is 10.0. The van der Waals surface area contributed by atoms with Crippen LogP contribution in [0.15, 0.2) is 65.6 Å². The highest BCUT2D eigenvalue weighted by Gasteiger charge is 2.22. The molecule has 0 amide bonds.